The van der Waals surface area contributed by atoms with Crippen LogP contribution in [0.4, 0.5) is 0 Å². The zero-order valence-corrected chi connectivity index (χ0v) is 18.7. The highest BCUT2D eigenvalue weighted by Crippen LogP contribution is 2.14. The van der Waals surface area contributed by atoms with Crippen LogP contribution in [0.25, 0.3) is 0 Å². The van der Waals surface area contributed by atoms with Crippen LogP contribution in [0, 0.1) is 0 Å². The zero-order chi connectivity index (χ0) is 22.4. The minimum atomic E-state index is -3.60. The molecule has 2 N–H and O–H groups in total. The maximum atomic E-state index is 12.4. The minimum Gasteiger partial charge on any atom is -0.348 e. The van der Waals surface area contributed by atoms with Gasteiger partial charge in [-0.25, -0.2) is 13.1 Å². The van der Waals surface area contributed by atoms with Gasteiger partial charge < -0.3 is 10.2 Å². The number of sulfonamides is 1. The minimum absolute atomic E-state index is 0.0472. The fraction of sp³-hybridized carbons (Fsp3) is 0.391. The summed E-state index contributed by atoms with van der Waals surface area (Å²) in [4.78, 5) is 26.8. The van der Waals surface area contributed by atoms with Gasteiger partial charge in [-0.15, -0.1) is 0 Å². The first kappa shape index (κ1) is 23.0. The number of hydrogen-bond donors (Lipinski definition) is 2. The van der Waals surface area contributed by atoms with Crippen molar-refractivity contribution >= 4 is 21.8 Å². The number of carbonyl (C=O) groups excluding carboxylic acids is 2. The summed E-state index contributed by atoms with van der Waals surface area (Å²) in [7, 11) is -3.60. The third-order valence-corrected chi connectivity index (χ3v) is 7.05. The molecule has 2 amide bonds. The van der Waals surface area contributed by atoms with Gasteiger partial charge in [0.15, 0.2) is 0 Å². The molecule has 1 aliphatic rings. The Bertz CT molecular complexity index is 1010. The van der Waals surface area contributed by atoms with Crippen molar-refractivity contribution in [2.24, 2.45) is 0 Å². The topological polar surface area (TPSA) is 95.6 Å². The molecule has 2 aromatic carbocycles. The highest BCUT2D eigenvalue weighted by atomic mass is 32.2. The van der Waals surface area contributed by atoms with Crippen LogP contribution in [0.5, 0.6) is 0 Å². The Labute approximate surface area is 183 Å². The Morgan fingerprint density at radius 2 is 1.55 bits per heavy atom. The number of rotatable bonds is 8. The van der Waals surface area contributed by atoms with Gasteiger partial charge in [0.1, 0.15) is 0 Å². The predicted molar refractivity (Wildman–Crippen MR) is 119 cm³/mol. The quantitative estimate of drug-likeness (QED) is 0.656. The number of benzene rings is 2. The summed E-state index contributed by atoms with van der Waals surface area (Å²) in [5.74, 6) is -0.248. The molecule has 1 saturated heterocycles. The van der Waals surface area contributed by atoms with Crippen LogP contribution >= 0.6 is 0 Å². The normalized spacial score (nSPS) is 15.0. The molecule has 0 aromatic heterocycles. The molecule has 31 heavy (non-hydrogen) atoms. The van der Waals surface area contributed by atoms with Gasteiger partial charge in [0.05, 0.1) is 4.90 Å². The van der Waals surface area contributed by atoms with Crippen molar-refractivity contribution in [3.8, 4) is 0 Å². The van der Waals surface area contributed by atoms with E-state index in [4.69, 9.17) is 0 Å². The third-order valence-electron chi connectivity index (χ3n) is 5.44. The molecule has 0 spiro atoms. The average molecular weight is 444 g/mol. The zero-order valence-electron chi connectivity index (χ0n) is 17.9. The van der Waals surface area contributed by atoms with Crippen molar-refractivity contribution in [2.75, 3.05) is 13.1 Å². The van der Waals surface area contributed by atoms with Crippen LogP contribution < -0.4 is 10.0 Å². The van der Waals surface area contributed by atoms with Gasteiger partial charge in [0, 0.05) is 36.8 Å². The number of hydrogen-bond acceptors (Lipinski definition) is 4. The number of nitrogens with zero attached hydrogens (tertiary/aromatic N) is 1. The van der Waals surface area contributed by atoms with Crippen LogP contribution in [0.3, 0.4) is 0 Å². The smallest absolute Gasteiger partial charge is 0.253 e. The fourth-order valence-corrected chi connectivity index (χ4v) is 4.68. The molecule has 0 bridgehead atoms. The monoisotopic (exact) mass is 443 g/mol. The van der Waals surface area contributed by atoms with Gasteiger partial charge in [-0.2, -0.15) is 0 Å². The van der Waals surface area contributed by atoms with E-state index in [1.807, 2.05) is 24.0 Å². The summed E-state index contributed by atoms with van der Waals surface area (Å²) in [5, 5.41) is 2.82. The Hall–Kier alpha value is -2.71. The van der Waals surface area contributed by atoms with E-state index in [0.717, 1.165) is 31.5 Å². The van der Waals surface area contributed by atoms with E-state index in [2.05, 4.69) is 10.0 Å². The molecule has 3 rings (SSSR count). The number of amides is 2. The maximum absolute atomic E-state index is 12.4. The summed E-state index contributed by atoms with van der Waals surface area (Å²) in [6.07, 6.45) is 2.79. The molecular formula is C23H29N3O4S. The first-order valence-corrected chi connectivity index (χ1v) is 12.1. The predicted octanol–water partition coefficient (Wildman–Crippen LogP) is 2.93. The maximum Gasteiger partial charge on any atom is 0.253 e. The molecule has 1 atom stereocenters. The first-order valence-electron chi connectivity index (χ1n) is 10.6. The second-order valence-electron chi connectivity index (χ2n) is 7.83. The Balaban J connectivity index is 1.56. The Morgan fingerprint density at radius 3 is 2.13 bits per heavy atom. The molecule has 1 heterocycles. The summed E-state index contributed by atoms with van der Waals surface area (Å²) in [5.41, 5.74) is 1.91. The highest BCUT2D eigenvalue weighted by molar-refractivity contribution is 7.89. The van der Waals surface area contributed by atoms with Gasteiger partial charge in [-0.1, -0.05) is 19.1 Å². The van der Waals surface area contributed by atoms with E-state index in [9.17, 15) is 18.0 Å². The summed E-state index contributed by atoms with van der Waals surface area (Å²) in [6.45, 7) is 5.63. The van der Waals surface area contributed by atoms with Gasteiger partial charge in [0.25, 0.3) is 11.8 Å². The van der Waals surface area contributed by atoms with Crippen LogP contribution in [-0.2, 0) is 16.6 Å². The van der Waals surface area contributed by atoms with E-state index < -0.39 is 10.0 Å². The standard InChI is InChI=1S/C23H29N3O4S/c1-3-17(2)25-31(29,30)21-12-10-19(11-13-21)22(27)24-16-18-6-8-20(9-7-18)23(28)26-14-4-5-15-26/h6-13,17,25H,3-5,14-16H2,1-2H3,(H,24,27). The molecule has 0 radical (unpaired) electrons. The summed E-state index contributed by atoms with van der Waals surface area (Å²) >= 11 is 0. The average Bonchev–Trinajstić information content (AvgIpc) is 3.32. The molecule has 8 heteroatoms. The molecule has 166 valence electrons. The fourth-order valence-electron chi connectivity index (χ4n) is 3.35. The Kier molecular flexibility index (Phi) is 7.46. The van der Waals surface area contributed by atoms with E-state index in [1.54, 1.807) is 19.1 Å². The van der Waals surface area contributed by atoms with Crippen molar-refractivity contribution in [3.63, 3.8) is 0 Å². The molecule has 2 aromatic rings. The van der Waals surface area contributed by atoms with Gasteiger partial charge in [-0.3, -0.25) is 9.59 Å². The molecule has 1 unspecified atom stereocenters. The van der Waals surface area contributed by atoms with E-state index in [0.29, 0.717) is 24.1 Å². The lowest BCUT2D eigenvalue weighted by molar-refractivity contribution is 0.0792. The lowest BCUT2D eigenvalue weighted by atomic mass is 10.1. The van der Waals surface area contributed by atoms with Crippen molar-refractivity contribution in [1.29, 1.82) is 0 Å². The lowest BCUT2D eigenvalue weighted by Gasteiger charge is -2.15. The lowest BCUT2D eigenvalue weighted by Crippen LogP contribution is -2.32. The second kappa shape index (κ2) is 10.1. The molecule has 0 saturated carbocycles. The van der Waals surface area contributed by atoms with Crippen LogP contribution in [0.15, 0.2) is 53.4 Å². The Morgan fingerprint density at radius 1 is 0.968 bits per heavy atom. The van der Waals surface area contributed by atoms with Crippen molar-refractivity contribution in [3.05, 3.63) is 65.2 Å². The first-order chi connectivity index (χ1) is 14.8. The summed E-state index contributed by atoms with van der Waals surface area (Å²) in [6, 6.07) is 12.9. The van der Waals surface area contributed by atoms with E-state index in [-0.39, 0.29) is 22.8 Å². The molecule has 7 nitrogen and oxygen atoms in total. The highest BCUT2D eigenvalue weighted by Gasteiger charge is 2.19. The van der Waals surface area contributed by atoms with Crippen LogP contribution in [0.1, 0.15) is 59.4 Å². The second-order valence-corrected chi connectivity index (χ2v) is 9.55. The van der Waals surface area contributed by atoms with Crippen LogP contribution in [-0.4, -0.2) is 44.3 Å². The van der Waals surface area contributed by atoms with Crippen molar-refractivity contribution in [2.45, 2.75) is 50.6 Å². The molecule has 1 fully saturated rings. The largest absolute Gasteiger partial charge is 0.348 e. The molecule has 1 aliphatic heterocycles. The molecular weight excluding hydrogens is 414 g/mol. The van der Waals surface area contributed by atoms with E-state index in [1.165, 1.54) is 24.3 Å². The summed E-state index contributed by atoms with van der Waals surface area (Å²) < 4.78 is 27.2. The van der Waals surface area contributed by atoms with Gasteiger partial charge in [0.2, 0.25) is 10.0 Å². The number of nitrogens with one attached hydrogen (secondary N) is 2. The third kappa shape index (κ3) is 5.92. The SMILES string of the molecule is CCC(C)NS(=O)(=O)c1ccc(C(=O)NCc2ccc(C(=O)N3CCCC3)cc2)cc1. The number of likely N-dealkylation sites (tertiary alicyclic amines) is 1. The van der Waals surface area contributed by atoms with Crippen molar-refractivity contribution in [1.82, 2.24) is 14.9 Å². The molecule has 0 aliphatic carbocycles. The number of carbonyl (C=O) groups is 2. The van der Waals surface area contributed by atoms with Crippen LogP contribution in [0.2, 0.25) is 0 Å². The van der Waals surface area contributed by atoms with Gasteiger partial charge in [-0.05, 0) is 68.1 Å². The van der Waals surface area contributed by atoms with E-state index >= 15 is 0 Å². The van der Waals surface area contributed by atoms with Crippen molar-refractivity contribution < 1.29 is 18.0 Å². The van der Waals surface area contributed by atoms with Gasteiger partial charge >= 0.3 is 0 Å².